The molecular weight excluding hydrogens is 252 g/mol. The number of ketones is 1. The molecule has 2 unspecified atom stereocenters. The Morgan fingerprint density at radius 1 is 1.25 bits per heavy atom. The van der Waals surface area contributed by atoms with Crippen molar-refractivity contribution in [2.45, 2.75) is 39.0 Å². The average Bonchev–Trinajstić information content (AvgIpc) is 2.38. The molecule has 20 heavy (non-hydrogen) atoms. The summed E-state index contributed by atoms with van der Waals surface area (Å²) in [5.74, 6) is 1.22. The second-order valence-electron chi connectivity index (χ2n) is 6.05. The van der Waals surface area contributed by atoms with Crippen LogP contribution in [0.5, 0.6) is 0 Å². The van der Waals surface area contributed by atoms with E-state index in [-0.39, 0.29) is 23.7 Å². The molecule has 2 aliphatic carbocycles. The maximum absolute atomic E-state index is 12.4. The summed E-state index contributed by atoms with van der Waals surface area (Å²) in [7, 11) is 0. The molecule has 1 amide bonds. The van der Waals surface area contributed by atoms with Crippen LogP contribution in [-0.2, 0) is 9.59 Å². The van der Waals surface area contributed by atoms with Gasteiger partial charge in [0.2, 0.25) is 5.91 Å². The molecule has 1 aromatic rings. The highest BCUT2D eigenvalue weighted by molar-refractivity contribution is 5.94. The van der Waals surface area contributed by atoms with Gasteiger partial charge < -0.3 is 5.32 Å². The topological polar surface area (TPSA) is 59.1 Å². The lowest BCUT2D eigenvalue weighted by atomic mass is 9.67. The molecule has 0 radical (unpaired) electrons. The van der Waals surface area contributed by atoms with Crippen LogP contribution in [0.3, 0.4) is 0 Å². The van der Waals surface area contributed by atoms with E-state index in [4.69, 9.17) is 0 Å². The van der Waals surface area contributed by atoms with Gasteiger partial charge in [-0.1, -0.05) is 12.5 Å². The van der Waals surface area contributed by atoms with Crippen molar-refractivity contribution in [3.8, 4) is 0 Å². The SMILES string of the molecule is Cc1cccc(NC(=O)C2CC3CCCC(C2)C3=O)n1. The van der Waals surface area contributed by atoms with Crippen molar-refractivity contribution >= 4 is 17.5 Å². The average molecular weight is 272 g/mol. The lowest BCUT2D eigenvalue weighted by Crippen LogP contribution is -2.40. The molecule has 1 heterocycles. The summed E-state index contributed by atoms with van der Waals surface area (Å²) in [4.78, 5) is 28.7. The second-order valence-corrected chi connectivity index (χ2v) is 6.05. The number of aryl methyl sites for hydroxylation is 1. The monoisotopic (exact) mass is 272 g/mol. The van der Waals surface area contributed by atoms with Gasteiger partial charge in [-0.2, -0.15) is 0 Å². The molecule has 106 valence electrons. The number of anilines is 1. The first-order valence-corrected chi connectivity index (χ1v) is 7.41. The zero-order valence-electron chi connectivity index (χ0n) is 11.8. The fourth-order valence-corrected chi connectivity index (χ4v) is 3.53. The lowest BCUT2D eigenvalue weighted by molar-refractivity contribution is -0.136. The van der Waals surface area contributed by atoms with Crippen LogP contribution < -0.4 is 5.32 Å². The van der Waals surface area contributed by atoms with Gasteiger partial charge in [0.25, 0.3) is 0 Å². The second kappa shape index (κ2) is 5.35. The van der Waals surface area contributed by atoms with Gasteiger partial charge in [-0.15, -0.1) is 0 Å². The maximum atomic E-state index is 12.4. The molecule has 2 aliphatic rings. The van der Waals surface area contributed by atoms with Crippen LogP contribution in [0, 0.1) is 24.7 Å². The van der Waals surface area contributed by atoms with E-state index in [1.54, 1.807) is 6.07 Å². The van der Waals surface area contributed by atoms with E-state index in [1.165, 1.54) is 0 Å². The normalized spacial score (nSPS) is 29.1. The Hall–Kier alpha value is -1.71. The van der Waals surface area contributed by atoms with Crippen LogP contribution in [0.1, 0.15) is 37.8 Å². The van der Waals surface area contributed by atoms with E-state index in [0.29, 0.717) is 24.4 Å². The summed E-state index contributed by atoms with van der Waals surface area (Å²) in [6, 6.07) is 5.59. The van der Waals surface area contributed by atoms with E-state index in [2.05, 4.69) is 10.3 Å². The summed E-state index contributed by atoms with van der Waals surface area (Å²) >= 11 is 0. The predicted molar refractivity (Wildman–Crippen MR) is 76.2 cm³/mol. The number of nitrogens with zero attached hydrogens (tertiary/aromatic N) is 1. The Kier molecular flexibility index (Phi) is 3.55. The van der Waals surface area contributed by atoms with Gasteiger partial charge >= 0.3 is 0 Å². The van der Waals surface area contributed by atoms with Gasteiger partial charge in [0.15, 0.2) is 0 Å². The van der Waals surface area contributed by atoms with Gasteiger partial charge in [-0.05, 0) is 44.7 Å². The first-order valence-electron chi connectivity index (χ1n) is 7.41. The Labute approximate surface area is 119 Å². The molecular formula is C16H20N2O2. The van der Waals surface area contributed by atoms with E-state index < -0.39 is 0 Å². The molecule has 1 aromatic heterocycles. The van der Waals surface area contributed by atoms with Crippen LogP contribution >= 0.6 is 0 Å². The Balaban J connectivity index is 1.67. The van der Waals surface area contributed by atoms with E-state index in [1.807, 2.05) is 19.1 Å². The van der Waals surface area contributed by atoms with E-state index >= 15 is 0 Å². The first-order chi connectivity index (χ1) is 9.63. The molecule has 0 spiro atoms. The number of carbonyl (C=O) groups excluding carboxylic acids is 2. The molecule has 1 N–H and O–H groups in total. The third-order valence-electron chi connectivity index (χ3n) is 4.56. The van der Waals surface area contributed by atoms with Crippen LogP contribution in [0.4, 0.5) is 5.82 Å². The molecule has 2 saturated carbocycles. The molecule has 0 aromatic carbocycles. The summed E-state index contributed by atoms with van der Waals surface area (Å²) < 4.78 is 0. The van der Waals surface area contributed by atoms with Crippen LogP contribution in [-0.4, -0.2) is 16.7 Å². The number of hydrogen-bond donors (Lipinski definition) is 1. The maximum Gasteiger partial charge on any atom is 0.228 e. The fourth-order valence-electron chi connectivity index (χ4n) is 3.53. The summed E-state index contributed by atoms with van der Waals surface area (Å²) in [5.41, 5.74) is 0.887. The van der Waals surface area contributed by atoms with Gasteiger partial charge in [0.1, 0.15) is 11.6 Å². The Bertz CT molecular complexity index is 525. The molecule has 0 saturated heterocycles. The third kappa shape index (κ3) is 2.60. The zero-order valence-corrected chi connectivity index (χ0v) is 11.8. The quantitative estimate of drug-likeness (QED) is 0.900. The predicted octanol–water partition coefficient (Wildman–Crippen LogP) is 2.72. The number of amides is 1. The van der Waals surface area contributed by atoms with Crippen molar-refractivity contribution in [2.75, 3.05) is 5.32 Å². The number of carbonyl (C=O) groups is 2. The van der Waals surface area contributed by atoms with Crippen molar-refractivity contribution in [3.63, 3.8) is 0 Å². The molecule has 0 aliphatic heterocycles. The minimum atomic E-state index is -0.0367. The Morgan fingerprint density at radius 3 is 2.60 bits per heavy atom. The third-order valence-corrected chi connectivity index (χ3v) is 4.56. The highest BCUT2D eigenvalue weighted by atomic mass is 16.2. The minimum absolute atomic E-state index is 0.0208. The highest BCUT2D eigenvalue weighted by Gasteiger charge is 2.41. The van der Waals surface area contributed by atoms with E-state index in [9.17, 15) is 9.59 Å². The number of pyridine rings is 1. The molecule has 4 nitrogen and oxygen atoms in total. The first kappa shape index (κ1) is 13.3. The number of fused-ring (bicyclic) bond motifs is 2. The fraction of sp³-hybridized carbons (Fsp3) is 0.562. The van der Waals surface area contributed by atoms with Gasteiger partial charge in [0.05, 0.1) is 0 Å². The smallest absolute Gasteiger partial charge is 0.228 e. The van der Waals surface area contributed by atoms with Crippen LogP contribution in [0.25, 0.3) is 0 Å². The number of nitrogens with one attached hydrogen (secondary N) is 1. The van der Waals surface area contributed by atoms with Crippen LogP contribution in [0.2, 0.25) is 0 Å². The van der Waals surface area contributed by atoms with Crippen molar-refractivity contribution in [3.05, 3.63) is 23.9 Å². The van der Waals surface area contributed by atoms with Crippen LogP contribution in [0.15, 0.2) is 18.2 Å². The van der Waals surface area contributed by atoms with Crippen molar-refractivity contribution < 1.29 is 9.59 Å². The molecule has 2 atom stereocenters. The van der Waals surface area contributed by atoms with Crippen molar-refractivity contribution in [2.24, 2.45) is 17.8 Å². The number of rotatable bonds is 2. The lowest BCUT2D eigenvalue weighted by Gasteiger charge is -2.36. The molecule has 3 rings (SSSR count). The summed E-state index contributed by atoms with van der Waals surface area (Å²) in [6.07, 6.45) is 4.48. The minimum Gasteiger partial charge on any atom is -0.310 e. The number of aromatic nitrogens is 1. The largest absolute Gasteiger partial charge is 0.310 e. The van der Waals surface area contributed by atoms with E-state index in [0.717, 1.165) is 25.0 Å². The Morgan fingerprint density at radius 2 is 1.95 bits per heavy atom. The number of Topliss-reactive ketones (excluding diaryl/α,β-unsaturated/α-hetero) is 1. The molecule has 4 heteroatoms. The van der Waals surface area contributed by atoms with Gasteiger partial charge in [-0.25, -0.2) is 4.98 Å². The summed E-state index contributed by atoms with van der Waals surface area (Å²) in [6.45, 7) is 1.90. The zero-order chi connectivity index (χ0) is 14.1. The van der Waals surface area contributed by atoms with Gasteiger partial charge in [0, 0.05) is 23.4 Å². The highest BCUT2D eigenvalue weighted by Crippen LogP contribution is 2.40. The van der Waals surface area contributed by atoms with Gasteiger partial charge in [-0.3, -0.25) is 9.59 Å². The van der Waals surface area contributed by atoms with Crippen molar-refractivity contribution in [1.82, 2.24) is 4.98 Å². The molecule has 2 fully saturated rings. The van der Waals surface area contributed by atoms with Crippen molar-refractivity contribution in [1.29, 1.82) is 0 Å². The standard InChI is InChI=1S/C16H20N2O2/c1-10-4-2-7-14(17-10)18-16(20)13-8-11-5-3-6-12(9-13)15(11)19/h2,4,7,11-13H,3,5-6,8-9H2,1H3,(H,17,18,20). The summed E-state index contributed by atoms with van der Waals surface area (Å²) in [5, 5.41) is 2.90. The number of hydrogen-bond acceptors (Lipinski definition) is 3. The molecule has 2 bridgehead atoms.